The van der Waals surface area contributed by atoms with Crippen LogP contribution in [0, 0.1) is 5.92 Å². The molecular weight excluding hydrogens is 421 g/mol. The van der Waals surface area contributed by atoms with Gasteiger partial charge in [-0.2, -0.15) is 22.5 Å². The van der Waals surface area contributed by atoms with Gasteiger partial charge in [0.1, 0.15) is 14.8 Å². The maximum Gasteiger partial charge on any atom is 0.471 e. The molecule has 3 aromatic rings. The van der Waals surface area contributed by atoms with Gasteiger partial charge in [-0.05, 0) is 43.0 Å². The second-order valence-corrected chi connectivity index (χ2v) is 9.03. The SMILES string of the molecule is O=C(N=S(=O)(CC1CC1)c1ccccn1)c1ccc(-c2noc(C(F)(F)F)n2)cc1. The molecule has 11 heteroatoms. The Morgan fingerprint density at radius 1 is 1.17 bits per heavy atom. The van der Waals surface area contributed by atoms with E-state index in [-0.39, 0.29) is 33.6 Å². The largest absolute Gasteiger partial charge is 0.471 e. The van der Waals surface area contributed by atoms with Crippen LogP contribution < -0.4 is 0 Å². The predicted molar refractivity (Wildman–Crippen MR) is 99.7 cm³/mol. The summed E-state index contributed by atoms with van der Waals surface area (Å²) in [6.45, 7) is 0. The van der Waals surface area contributed by atoms with E-state index < -0.39 is 27.7 Å². The first-order valence-corrected chi connectivity index (χ1v) is 10.6. The quantitative estimate of drug-likeness (QED) is 0.594. The monoisotopic (exact) mass is 436 g/mol. The van der Waals surface area contributed by atoms with Crippen molar-refractivity contribution in [3.05, 3.63) is 60.1 Å². The molecule has 0 spiro atoms. The lowest BCUT2D eigenvalue weighted by molar-refractivity contribution is -0.159. The molecule has 156 valence electrons. The Balaban J connectivity index is 1.61. The number of nitrogens with zero attached hydrogens (tertiary/aromatic N) is 4. The molecule has 0 radical (unpaired) electrons. The van der Waals surface area contributed by atoms with E-state index in [2.05, 4.69) is 24.0 Å². The zero-order chi connectivity index (χ0) is 21.4. The van der Waals surface area contributed by atoms with Gasteiger partial charge in [-0.3, -0.25) is 4.79 Å². The number of pyridine rings is 1. The third-order valence-corrected chi connectivity index (χ3v) is 6.69. The first-order chi connectivity index (χ1) is 14.2. The van der Waals surface area contributed by atoms with E-state index in [1.165, 1.54) is 30.5 Å². The summed E-state index contributed by atoms with van der Waals surface area (Å²) in [6.07, 6.45) is -1.37. The highest BCUT2D eigenvalue weighted by molar-refractivity contribution is 7.93. The average Bonchev–Trinajstić information content (AvgIpc) is 3.37. The molecule has 1 atom stereocenters. The molecule has 0 saturated heterocycles. The summed E-state index contributed by atoms with van der Waals surface area (Å²) < 4.78 is 59.4. The molecule has 1 saturated carbocycles. The zero-order valence-electron chi connectivity index (χ0n) is 15.4. The van der Waals surface area contributed by atoms with Crippen LogP contribution in [0.1, 0.15) is 29.1 Å². The van der Waals surface area contributed by atoms with Crippen molar-refractivity contribution in [2.24, 2.45) is 10.3 Å². The van der Waals surface area contributed by atoms with E-state index in [1.54, 1.807) is 18.2 Å². The summed E-state index contributed by atoms with van der Waals surface area (Å²) in [7, 11) is -3.03. The fourth-order valence-electron chi connectivity index (χ4n) is 2.71. The molecular formula is C19H15F3N4O3S. The number of carbonyl (C=O) groups is 1. The summed E-state index contributed by atoms with van der Waals surface area (Å²) >= 11 is 0. The second kappa shape index (κ2) is 7.63. The van der Waals surface area contributed by atoms with Crippen LogP contribution in [0.15, 0.2) is 62.6 Å². The number of hydrogen-bond acceptors (Lipinski definition) is 6. The van der Waals surface area contributed by atoms with Gasteiger partial charge in [0.05, 0.1) is 0 Å². The minimum atomic E-state index is -4.74. The molecule has 2 heterocycles. The Hall–Kier alpha value is -3.08. The number of benzene rings is 1. The zero-order valence-corrected chi connectivity index (χ0v) is 16.2. The van der Waals surface area contributed by atoms with Crippen molar-refractivity contribution in [1.82, 2.24) is 15.1 Å². The highest BCUT2D eigenvalue weighted by Crippen LogP contribution is 2.33. The van der Waals surface area contributed by atoms with E-state index >= 15 is 0 Å². The van der Waals surface area contributed by atoms with Crippen LogP contribution in [0.25, 0.3) is 11.4 Å². The van der Waals surface area contributed by atoms with Crippen LogP contribution >= 0.6 is 0 Å². The standard InChI is InChI=1S/C19H15F3N4O3S/c20-19(21,22)18-24-16(25-29-18)13-6-8-14(9-7-13)17(27)26-30(28,11-12-4-5-12)15-3-1-2-10-23-15/h1-3,6-10,12H,4-5,11H2. The molecule has 0 aliphatic heterocycles. The second-order valence-electron chi connectivity index (χ2n) is 6.81. The van der Waals surface area contributed by atoms with Gasteiger partial charge in [-0.25, -0.2) is 9.19 Å². The molecule has 1 unspecified atom stereocenters. The van der Waals surface area contributed by atoms with Crippen molar-refractivity contribution < 1.29 is 26.7 Å². The van der Waals surface area contributed by atoms with Gasteiger partial charge >= 0.3 is 12.1 Å². The van der Waals surface area contributed by atoms with Gasteiger partial charge in [-0.15, -0.1) is 0 Å². The fraction of sp³-hybridized carbons (Fsp3) is 0.263. The summed E-state index contributed by atoms with van der Waals surface area (Å²) in [5.74, 6) is -1.90. The lowest BCUT2D eigenvalue weighted by Crippen LogP contribution is -2.13. The maximum absolute atomic E-state index is 13.4. The molecule has 7 nitrogen and oxygen atoms in total. The van der Waals surface area contributed by atoms with Gasteiger partial charge in [0.25, 0.3) is 5.91 Å². The molecule has 2 aromatic heterocycles. The van der Waals surface area contributed by atoms with Crippen molar-refractivity contribution in [2.45, 2.75) is 24.0 Å². The number of amides is 1. The Labute approximate surface area is 169 Å². The molecule has 4 rings (SSSR count). The molecule has 1 aliphatic rings. The Kier molecular flexibility index (Phi) is 5.14. The van der Waals surface area contributed by atoms with Crippen LogP contribution in [0.4, 0.5) is 13.2 Å². The summed E-state index contributed by atoms with van der Waals surface area (Å²) in [5, 5.41) is 3.56. The summed E-state index contributed by atoms with van der Waals surface area (Å²) in [6, 6.07) is 10.4. The van der Waals surface area contributed by atoms with Crippen molar-refractivity contribution in [2.75, 3.05) is 5.75 Å². The summed E-state index contributed by atoms with van der Waals surface area (Å²) in [4.78, 5) is 20.1. The number of halogens is 3. The lowest BCUT2D eigenvalue weighted by Gasteiger charge is -2.08. The predicted octanol–water partition coefficient (Wildman–Crippen LogP) is 4.23. The first kappa shape index (κ1) is 20.2. The van der Waals surface area contributed by atoms with E-state index in [0.717, 1.165) is 12.8 Å². The molecule has 0 bridgehead atoms. The molecule has 30 heavy (non-hydrogen) atoms. The van der Waals surface area contributed by atoms with Gasteiger partial charge in [0.2, 0.25) is 5.82 Å². The van der Waals surface area contributed by atoms with Crippen LogP contribution in [0.2, 0.25) is 0 Å². The molecule has 1 aromatic carbocycles. The third kappa shape index (κ3) is 4.40. The Bertz CT molecular complexity index is 1180. The van der Waals surface area contributed by atoms with Crippen molar-refractivity contribution in [3.63, 3.8) is 0 Å². The Morgan fingerprint density at radius 2 is 1.90 bits per heavy atom. The molecule has 0 N–H and O–H groups in total. The summed E-state index contributed by atoms with van der Waals surface area (Å²) in [5.41, 5.74) is 0.368. The van der Waals surface area contributed by atoms with E-state index in [9.17, 15) is 22.2 Å². The number of alkyl halides is 3. The number of hydrogen-bond donors (Lipinski definition) is 0. The van der Waals surface area contributed by atoms with Gasteiger partial charge in [-0.1, -0.05) is 23.4 Å². The topological polar surface area (TPSA) is 98.3 Å². The van der Waals surface area contributed by atoms with E-state index in [0.29, 0.717) is 0 Å². The minimum absolute atomic E-state index is 0.137. The van der Waals surface area contributed by atoms with Crippen LogP contribution in [-0.2, 0) is 15.9 Å². The molecule has 1 fully saturated rings. The van der Waals surface area contributed by atoms with Crippen molar-refractivity contribution >= 4 is 15.6 Å². The van der Waals surface area contributed by atoms with Crippen LogP contribution in [0.3, 0.4) is 0 Å². The fourth-order valence-corrected chi connectivity index (χ4v) is 4.91. The van der Waals surface area contributed by atoms with Crippen LogP contribution in [-0.4, -0.2) is 31.0 Å². The number of carbonyl (C=O) groups excluding carboxylic acids is 1. The van der Waals surface area contributed by atoms with Gasteiger partial charge < -0.3 is 4.52 Å². The smallest absolute Gasteiger partial charge is 0.329 e. The van der Waals surface area contributed by atoms with Gasteiger partial charge in [0.15, 0.2) is 0 Å². The number of rotatable bonds is 5. The van der Waals surface area contributed by atoms with E-state index in [4.69, 9.17) is 0 Å². The van der Waals surface area contributed by atoms with Crippen molar-refractivity contribution in [1.29, 1.82) is 0 Å². The third-order valence-electron chi connectivity index (χ3n) is 4.41. The van der Waals surface area contributed by atoms with Crippen molar-refractivity contribution in [3.8, 4) is 11.4 Å². The average molecular weight is 436 g/mol. The van der Waals surface area contributed by atoms with Gasteiger partial charge in [0, 0.05) is 23.1 Å². The normalized spacial score (nSPS) is 16.1. The molecule has 1 aliphatic carbocycles. The molecule has 1 amide bonds. The van der Waals surface area contributed by atoms with Crippen LogP contribution in [0.5, 0.6) is 0 Å². The number of aromatic nitrogens is 3. The Morgan fingerprint density at radius 3 is 2.47 bits per heavy atom. The lowest BCUT2D eigenvalue weighted by atomic mass is 10.1. The highest BCUT2D eigenvalue weighted by atomic mass is 32.2. The van der Waals surface area contributed by atoms with E-state index in [1.807, 2.05) is 0 Å². The maximum atomic E-state index is 13.4. The minimum Gasteiger partial charge on any atom is -0.329 e. The first-order valence-electron chi connectivity index (χ1n) is 8.96. The highest BCUT2D eigenvalue weighted by Gasteiger charge is 2.38.